The lowest BCUT2D eigenvalue weighted by atomic mass is 9.81. The molecule has 1 heterocycles. The van der Waals surface area contributed by atoms with Crippen LogP contribution in [0.5, 0.6) is 0 Å². The Kier molecular flexibility index (Phi) is 4.57. The number of para-hydroxylation sites is 1. The first-order chi connectivity index (χ1) is 10.00. The molecule has 0 saturated carbocycles. The molecule has 1 atom stereocenters. The Balaban J connectivity index is 2.29. The number of aromatic carboxylic acids is 1. The van der Waals surface area contributed by atoms with Gasteiger partial charge in [-0.05, 0) is 31.5 Å². The van der Waals surface area contributed by atoms with E-state index >= 15 is 0 Å². The van der Waals surface area contributed by atoms with E-state index in [-0.39, 0.29) is 17.2 Å². The van der Waals surface area contributed by atoms with Gasteiger partial charge in [0.15, 0.2) is 0 Å². The molecule has 0 aliphatic carbocycles. The average Bonchev–Trinajstić information content (AvgIpc) is 2.91. The molecule has 6 heteroatoms. The van der Waals surface area contributed by atoms with Crippen LogP contribution in [0.2, 0.25) is 0 Å². The minimum Gasteiger partial charge on any atom is -0.478 e. The minimum absolute atomic E-state index is 0.235. The largest absolute Gasteiger partial charge is 0.478 e. The highest BCUT2D eigenvalue weighted by Crippen LogP contribution is 2.33. The summed E-state index contributed by atoms with van der Waals surface area (Å²) >= 11 is 0. The summed E-state index contributed by atoms with van der Waals surface area (Å²) < 4.78 is 13.9. The number of anilines is 1. The van der Waals surface area contributed by atoms with Crippen LogP contribution in [-0.4, -0.2) is 30.1 Å². The molecule has 2 rings (SSSR count). The number of hydrogen-bond acceptors (Lipinski definition) is 3. The molecule has 114 valence electrons. The lowest BCUT2D eigenvalue weighted by Gasteiger charge is -2.26. The van der Waals surface area contributed by atoms with Gasteiger partial charge in [0, 0.05) is 6.54 Å². The maximum absolute atomic E-state index is 13.9. The molecule has 1 aromatic carbocycles. The number of rotatable bonds is 5. The molecule has 5 nitrogen and oxygen atoms in total. The van der Waals surface area contributed by atoms with Crippen molar-refractivity contribution >= 4 is 17.6 Å². The molecule has 1 aromatic rings. The number of benzene rings is 1. The molecule has 1 fully saturated rings. The fourth-order valence-corrected chi connectivity index (χ4v) is 2.82. The maximum atomic E-state index is 13.9. The predicted octanol–water partition coefficient (Wildman–Crippen LogP) is 2.24. The summed E-state index contributed by atoms with van der Waals surface area (Å²) in [5, 5.41) is 14.7. The second-order valence-electron chi connectivity index (χ2n) is 5.38. The molecule has 1 aliphatic rings. The number of halogens is 1. The van der Waals surface area contributed by atoms with Crippen molar-refractivity contribution in [1.82, 2.24) is 5.32 Å². The van der Waals surface area contributed by atoms with Gasteiger partial charge < -0.3 is 15.7 Å². The van der Waals surface area contributed by atoms with Crippen molar-refractivity contribution in [2.45, 2.75) is 26.2 Å². The van der Waals surface area contributed by atoms with Crippen molar-refractivity contribution in [3.8, 4) is 0 Å². The molecule has 0 radical (unpaired) electrons. The van der Waals surface area contributed by atoms with E-state index in [0.29, 0.717) is 19.4 Å². The van der Waals surface area contributed by atoms with E-state index < -0.39 is 17.2 Å². The van der Waals surface area contributed by atoms with E-state index in [0.717, 1.165) is 19.0 Å². The zero-order valence-electron chi connectivity index (χ0n) is 11.9. The van der Waals surface area contributed by atoms with Crippen LogP contribution in [0, 0.1) is 11.2 Å². The lowest BCUT2D eigenvalue weighted by Crippen LogP contribution is -2.38. The Morgan fingerprint density at radius 1 is 1.48 bits per heavy atom. The van der Waals surface area contributed by atoms with E-state index in [1.165, 1.54) is 12.1 Å². The van der Waals surface area contributed by atoms with Crippen LogP contribution in [0.15, 0.2) is 18.2 Å². The zero-order valence-corrected chi connectivity index (χ0v) is 11.9. The molecule has 1 saturated heterocycles. The third-order valence-electron chi connectivity index (χ3n) is 3.94. The van der Waals surface area contributed by atoms with Gasteiger partial charge in [-0.15, -0.1) is 0 Å². The Morgan fingerprint density at radius 2 is 2.24 bits per heavy atom. The molecule has 21 heavy (non-hydrogen) atoms. The normalized spacial score (nSPS) is 21.2. The monoisotopic (exact) mass is 294 g/mol. The number of hydrogen-bond donors (Lipinski definition) is 3. The first-order valence-electron chi connectivity index (χ1n) is 7.04. The number of amides is 1. The van der Waals surface area contributed by atoms with Gasteiger partial charge in [-0.1, -0.05) is 19.4 Å². The number of carbonyl (C=O) groups excluding carboxylic acids is 1. The summed E-state index contributed by atoms with van der Waals surface area (Å²) in [4.78, 5) is 23.7. The minimum atomic E-state index is -1.26. The molecule has 0 aromatic heterocycles. The zero-order chi connectivity index (χ0) is 15.5. The van der Waals surface area contributed by atoms with Crippen molar-refractivity contribution in [2.24, 2.45) is 5.41 Å². The van der Waals surface area contributed by atoms with Gasteiger partial charge in [-0.3, -0.25) is 4.79 Å². The van der Waals surface area contributed by atoms with Crippen LogP contribution >= 0.6 is 0 Å². The Bertz CT molecular complexity index is 554. The molecule has 0 spiro atoms. The van der Waals surface area contributed by atoms with Gasteiger partial charge in [0.1, 0.15) is 5.82 Å². The fraction of sp³-hybridized carbons (Fsp3) is 0.467. The van der Waals surface area contributed by atoms with Gasteiger partial charge in [-0.2, -0.15) is 0 Å². The number of carboxylic acids is 1. The van der Waals surface area contributed by atoms with Gasteiger partial charge in [0.05, 0.1) is 16.7 Å². The van der Waals surface area contributed by atoms with E-state index in [9.17, 15) is 14.0 Å². The Labute approximate surface area is 122 Å². The lowest BCUT2D eigenvalue weighted by molar-refractivity contribution is -0.125. The smallest absolute Gasteiger partial charge is 0.337 e. The van der Waals surface area contributed by atoms with Gasteiger partial charge in [0.2, 0.25) is 5.91 Å². The quantitative estimate of drug-likeness (QED) is 0.778. The first-order valence-corrected chi connectivity index (χ1v) is 7.04. The standard InChI is InChI=1S/C15H19FN2O3/c1-2-6-15(7-8-17-9-15)14(21)18-12-10(13(19)20)4-3-5-11(12)16/h3-5,17H,2,6-9H2,1H3,(H,18,21)(H,19,20). The SMILES string of the molecule is CCCC1(C(=O)Nc2c(F)cccc2C(=O)O)CCNC1. The van der Waals surface area contributed by atoms with E-state index in [1.54, 1.807) is 0 Å². The molecule has 0 bridgehead atoms. The summed E-state index contributed by atoms with van der Waals surface area (Å²) in [6.45, 7) is 3.25. The van der Waals surface area contributed by atoms with Crippen LogP contribution in [-0.2, 0) is 4.79 Å². The fourth-order valence-electron chi connectivity index (χ4n) is 2.82. The van der Waals surface area contributed by atoms with Crippen LogP contribution in [0.25, 0.3) is 0 Å². The molecular formula is C15H19FN2O3. The van der Waals surface area contributed by atoms with Crippen molar-refractivity contribution in [2.75, 3.05) is 18.4 Å². The predicted molar refractivity (Wildman–Crippen MR) is 76.8 cm³/mol. The van der Waals surface area contributed by atoms with Crippen molar-refractivity contribution in [3.63, 3.8) is 0 Å². The average molecular weight is 294 g/mol. The highest BCUT2D eigenvalue weighted by atomic mass is 19.1. The van der Waals surface area contributed by atoms with Gasteiger partial charge in [0.25, 0.3) is 0 Å². The molecule has 1 unspecified atom stereocenters. The molecule has 1 amide bonds. The number of carbonyl (C=O) groups is 2. The molecule has 1 aliphatic heterocycles. The van der Waals surface area contributed by atoms with E-state index in [1.807, 2.05) is 6.92 Å². The Morgan fingerprint density at radius 3 is 2.81 bits per heavy atom. The van der Waals surface area contributed by atoms with Gasteiger partial charge >= 0.3 is 5.97 Å². The van der Waals surface area contributed by atoms with E-state index in [2.05, 4.69) is 10.6 Å². The van der Waals surface area contributed by atoms with E-state index in [4.69, 9.17) is 5.11 Å². The highest BCUT2D eigenvalue weighted by molar-refractivity contribution is 6.02. The summed E-state index contributed by atoms with van der Waals surface area (Å²) in [5.74, 6) is -2.32. The van der Waals surface area contributed by atoms with Crippen LogP contribution < -0.4 is 10.6 Å². The number of carboxylic acid groups (broad SMARTS) is 1. The van der Waals surface area contributed by atoms with Gasteiger partial charge in [-0.25, -0.2) is 9.18 Å². The van der Waals surface area contributed by atoms with Crippen LogP contribution in [0.4, 0.5) is 10.1 Å². The van der Waals surface area contributed by atoms with Crippen molar-refractivity contribution < 1.29 is 19.1 Å². The Hall–Kier alpha value is -1.95. The van der Waals surface area contributed by atoms with Crippen LogP contribution in [0.3, 0.4) is 0 Å². The third-order valence-corrected chi connectivity index (χ3v) is 3.94. The third kappa shape index (κ3) is 3.05. The summed E-state index contributed by atoms with van der Waals surface area (Å²) in [5.41, 5.74) is -1.08. The first kappa shape index (κ1) is 15.4. The number of nitrogens with one attached hydrogen (secondary N) is 2. The summed E-state index contributed by atoms with van der Waals surface area (Å²) in [7, 11) is 0. The topological polar surface area (TPSA) is 78.4 Å². The van der Waals surface area contributed by atoms with Crippen LogP contribution in [0.1, 0.15) is 36.5 Å². The molecule has 3 N–H and O–H groups in total. The van der Waals surface area contributed by atoms with Crippen molar-refractivity contribution in [3.05, 3.63) is 29.6 Å². The maximum Gasteiger partial charge on any atom is 0.337 e. The molecular weight excluding hydrogens is 275 g/mol. The second-order valence-corrected chi connectivity index (χ2v) is 5.38. The summed E-state index contributed by atoms with van der Waals surface area (Å²) in [6, 6.07) is 3.73. The highest BCUT2D eigenvalue weighted by Gasteiger charge is 2.40. The summed E-state index contributed by atoms with van der Waals surface area (Å²) in [6.07, 6.45) is 2.18. The van der Waals surface area contributed by atoms with Crippen molar-refractivity contribution in [1.29, 1.82) is 0 Å². The second kappa shape index (κ2) is 6.22.